The second kappa shape index (κ2) is 74.4. The van der Waals surface area contributed by atoms with Crippen molar-refractivity contribution in [1.29, 1.82) is 0 Å². The standard InChI is InChI=1S/C84H154NO8P/c1-6-8-10-12-14-16-18-20-22-24-26-28-30-32-34-36-37-38-39-40-41-42-43-44-45-46-47-49-51-53-55-57-59-61-63-65-67-69-71-73-75-77-84(87)93-82(81-92-94(88,89)91-79-78-85(3,4)5)80-90-83(86)76-74-72-70-68-66-64-62-60-58-56-54-52-50-48-35-33-31-29-27-25-23-21-19-17-15-13-11-9-7-2/h8,10,14,16,19-22,25-28,32,34,82H,6-7,9,11-13,15,17-18,23-24,29-31,33,35-81H2,1-5H3/p+1/b10-8-,16-14-,21-19-,22-20-,27-25-,28-26-,34-32-. The number of hydrogen-bond donors (Lipinski definition) is 1. The highest BCUT2D eigenvalue weighted by atomic mass is 31.2. The summed E-state index contributed by atoms with van der Waals surface area (Å²) in [5.41, 5.74) is 0. The fraction of sp³-hybridized carbons (Fsp3) is 0.810. The molecule has 94 heavy (non-hydrogen) atoms. The van der Waals surface area contributed by atoms with Crippen molar-refractivity contribution in [3.05, 3.63) is 85.1 Å². The summed E-state index contributed by atoms with van der Waals surface area (Å²) >= 11 is 0. The summed E-state index contributed by atoms with van der Waals surface area (Å²) in [6, 6.07) is 0. The third kappa shape index (κ3) is 78.2. The number of likely N-dealkylation sites (N-methyl/N-ethyl adjacent to an activating group) is 1. The first-order chi connectivity index (χ1) is 46.0. The molecule has 0 amide bonds. The summed E-state index contributed by atoms with van der Waals surface area (Å²) in [4.78, 5) is 36.0. The normalized spacial score (nSPS) is 13.5. The van der Waals surface area contributed by atoms with E-state index in [9.17, 15) is 19.0 Å². The van der Waals surface area contributed by atoms with Crippen LogP contribution in [-0.4, -0.2) is 74.9 Å². The topological polar surface area (TPSA) is 108 Å². The number of esters is 2. The maximum Gasteiger partial charge on any atom is 0.472 e. The van der Waals surface area contributed by atoms with E-state index in [4.69, 9.17) is 18.5 Å². The van der Waals surface area contributed by atoms with Crippen LogP contribution < -0.4 is 0 Å². The third-order valence-corrected chi connectivity index (χ3v) is 18.9. The second-order valence-corrected chi connectivity index (χ2v) is 29.9. The zero-order valence-corrected chi connectivity index (χ0v) is 63.6. The molecule has 0 fully saturated rings. The molecule has 2 unspecified atom stereocenters. The van der Waals surface area contributed by atoms with Gasteiger partial charge in [-0.1, -0.05) is 369 Å². The zero-order valence-electron chi connectivity index (χ0n) is 62.7. The molecule has 0 aliphatic carbocycles. The Kier molecular flexibility index (Phi) is 72.2. The zero-order chi connectivity index (χ0) is 68.3. The minimum Gasteiger partial charge on any atom is -0.462 e. The molecule has 0 radical (unpaired) electrons. The molecule has 9 nitrogen and oxygen atoms in total. The van der Waals surface area contributed by atoms with Crippen LogP contribution in [0.1, 0.15) is 386 Å². The molecule has 10 heteroatoms. The molecule has 548 valence electrons. The van der Waals surface area contributed by atoms with Crippen LogP contribution in [0.5, 0.6) is 0 Å². The van der Waals surface area contributed by atoms with Gasteiger partial charge in [0.15, 0.2) is 6.10 Å². The Labute approximate surface area is 583 Å². The molecule has 0 aliphatic rings. The highest BCUT2D eigenvalue weighted by molar-refractivity contribution is 7.47. The van der Waals surface area contributed by atoms with E-state index in [1.54, 1.807) is 0 Å². The first-order valence-electron chi connectivity index (χ1n) is 40.3. The monoisotopic (exact) mass is 1340 g/mol. The summed E-state index contributed by atoms with van der Waals surface area (Å²) in [5, 5.41) is 0. The number of carbonyl (C=O) groups excluding carboxylic acids is 2. The molecule has 0 bridgehead atoms. The number of unbranched alkanes of at least 4 members (excludes halogenated alkanes) is 47. The van der Waals surface area contributed by atoms with Gasteiger partial charge in [-0.2, -0.15) is 0 Å². The third-order valence-electron chi connectivity index (χ3n) is 17.9. The first kappa shape index (κ1) is 91.2. The minimum atomic E-state index is -4.40. The Morgan fingerprint density at radius 1 is 0.340 bits per heavy atom. The predicted octanol–water partition coefficient (Wildman–Crippen LogP) is 26.8. The molecule has 0 aliphatic heterocycles. The van der Waals surface area contributed by atoms with Gasteiger partial charge >= 0.3 is 19.8 Å². The Morgan fingerprint density at radius 3 is 0.904 bits per heavy atom. The summed E-state index contributed by atoms with van der Waals surface area (Å²) in [6.07, 6.45) is 103. The van der Waals surface area contributed by atoms with Gasteiger partial charge < -0.3 is 18.9 Å². The molecule has 0 heterocycles. The highest BCUT2D eigenvalue weighted by Gasteiger charge is 2.27. The Hall–Kier alpha value is -2.81. The molecular weight excluding hydrogens is 1180 g/mol. The number of hydrogen-bond acceptors (Lipinski definition) is 7. The van der Waals surface area contributed by atoms with Gasteiger partial charge in [0, 0.05) is 12.8 Å². The van der Waals surface area contributed by atoms with Crippen molar-refractivity contribution in [2.75, 3.05) is 47.5 Å². The van der Waals surface area contributed by atoms with Gasteiger partial charge in [-0.25, -0.2) is 4.57 Å². The number of phosphoric acid groups is 1. The smallest absolute Gasteiger partial charge is 0.462 e. The number of nitrogens with zero attached hydrogens (tertiary/aromatic N) is 1. The number of rotatable bonds is 75. The molecule has 0 aromatic heterocycles. The van der Waals surface area contributed by atoms with E-state index in [1.165, 1.54) is 283 Å². The molecular formula is C84H155NO8P+. The van der Waals surface area contributed by atoms with Crippen molar-refractivity contribution < 1.29 is 42.1 Å². The van der Waals surface area contributed by atoms with Crippen molar-refractivity contribution >= 4 is 19.8 Å². The van der Waals surface area contributed by atoms with Crippen LogP contribution in [0.3, 0.4) is 0 Å². The maximum atomic E-state index is 12.9. The Balaban J connectivity index is 3.90. The van der Waals surface area contributed by atoms with Gasteiger partial charge in [0.05, 0.1) is 27.7 Å². The number of ether oxygens (including phenoxy) is 2. The summed E-state index contributed by atoms with van der Waals surface area (Å²) < 4.78 is 34.8. The highest BCUT2D eigenvalue weighted by Crippen LogP contribution is 2.43. The average Bonchev–Trinajstić information content (AvgIpc) is 1.57. The molecule has 0 saturated heterocycles. The van der Waals surface area contributed by atoms with Crippen molar-refractivity contribution in [2.45, 2.75) is 392 Å². The first-order valence-corrected chi connectivity index (χ1v) is 41.8. The van der Waals surface area contributed by atoms with E-state index in [1.807, 2.05) is 21.1 Å². The lowest BCUT2D eigenvalue weighted by Crippen LogP contribution is -2.37. The summed E-state index contributed by atoms with van der Waals surface area (Å²) in [6.45, 7) is 4.37. The van der Waals surface area contributed by atoms with Crippen LogP contribution in [0.25, 0.3) is 0 Å². The van der Waals surface area contributed by atoms with Crippen LogP contribution in [0.4, 0.5) is 0 Å². The second-order valence-electron chi connectivity index (χ2n) is 28.4. The van der Waals surface area contributed by atoms with Gasteiger partial charge in [-0.15, -0.1) is 0 Å². The van der Waals surface area contributed by atoms with E-state index in [0.717, 1.165) is 70.6 Å². The fourth-order valence-corrected chi connectivity index (χ4v) is 12.5. The van der Waals surface area contributed by atoms with Gasteiger partial charge in [-0.3, -0.25) is 18.6 Å². The predicted molar refractivity (Wildman–Crippen MR) is 409 cm³/mol. The number of phosphoric ester groups is 1. The molecule has 0 rings (SSSR count). The van der Waals surface area contributed by atoms with Crippen molar-refractivity contribution in [1.82, 2.24) is 0 Å². The van der Waals surface area contributed by atoms with Crippen LogP contribution in [0.2, 0.25) is 0 Å². The maximum absolute atomic E-state index is 12.9. The van der Waals surface area contributed by atoms with Crippen LogP contribution >= 0.6 is 7.82 Å². The van der Waals surface area contributed by atoms with Crippen LogP contribution in [0, 0.1) is 0 Å². The quantitative estimate of drug-likeness (QED) is 0.0211. The largest absolute Gasteiger partial charge is 0.472 e. The van der Waals surface area contributed by atoms with E-state index in [0.29, 0.717) is 23.9 Å². The van der Waals surface area contributed by atoms with Crippen LogP contribution in [-0.2, 0) is 32.7 Å². The molecule has 0 spiro atoms. The van der Waals surface area contributed by atoms with Crippen molar-refractivity contribution in [3.63, 3.8) is 0 Å². The van der Waals surface area contributed by atoms with E-state index in [-0.39, 0.29) is 25.6 Å². The molecule has 0 aromatic carbocycles. The Morgan fingerprint density at radius 2 is 0.606 bits per heavy atom. The van der Waals surface area contributed by atoms with Gasteiger partial charge in [0.25, 0.3) is 0 Å². The molecule has 0 saturated carbocycles. The minimum absolute atomic E-state index is 0.0330. The lowest BCUT2D eigenvalue weighted by atomic mass is 10.0. The molecule has 0 aromatic rings. The molecule has 1 N–H and O–H groups in total. The lowest BCUT2D eigenvalue weighted by molar-refractivity contribution is -0.870. The Bertz CT molecular complexity index is 1860. The fourth-order valence-electron chi connectivity index (χ4n) is 11.8. The van der Waals surface area contributed by atoms with E-state index >= 15 is 0 Å². The number of allylic oxidation sites excluding steroid dienone is 14. The van der Waals surface area contributed by atoms with Gasteiger partial charge in [0.2, 0.25) is 0 Å². The number of quaternary nitrogens is 1. The lowest BCUT2D eigenvalue weighted by Gasteiger charge is -2.24. The van der Waals surface area contributed by atoms with E-state index in [2.05, 4.69) is 98.9 Å². The van der Waals surface area contributed by atoms with Gasteiger partial charge in [-0.05, 0) is 89.9 Å². The summed E-state index contributed by atoms with van der Waals surface area (Å²) in [7, 11) is 1.49. The summed E-state index contributed by atoms with van der Waals surface area (Å²) in [5.74, 6) is -0.777. The SMILES string of the molecule is CC/C=C\C/C=C\C/C=C\C/C=C\C/C=C\CCCCCCCCCCCCCCCCCCCCCCCCCCCC(=O)OC(COC(=O)CCCCCCCCCCCCCCCCCCC/C=C\C/C=C\CCCCCCC)COP(=O)(O)OCC[N+](C)(C)C. The van der Waals surface area contributed by atoms with Crippen molar-refractivity contribution in [2.24, 2.45) is 0 Å². The van der Waals surface area contributed by atoms with Gasteiger partial charge in [0.1, 0.15) is 19.8 Å². The van der Waals surface area contributed by atoms with Crippen molar-refractivity contribution in [3.8, 4) is 0 Å². The van der Waals surface area contributed by atoms with E-state index < -0.39 is 26.5 Å². The average molecular weight is 1340 g/mol. The molecule has 2 atom stereocenters. The number of carbonyl (C=O) groups is 2. The van der Waals surface area contributed by atoms with Crippen LogP contribution in [0.15, 0.2) is 85.1 Å².